The van der Waals surface area contributed by atoms with Crippen molar-refractivity contribution < 1.29 is 27.5 Å². The summed E-state index contributed by atoms with van der Waals surface area (Å²) in [5.74, 6) is -5.05. The van der Waals surface area contributed by atoms with E-state index in [9.17, 15) is 22.8 Å². The van der Waals surface area contributed by atoms with E-state index in [1.165, 1.54) is 7.11 Å². The van der Waals surface area contributed by atoms with Crippen molar-refractivity contribution in [1.82, 2.24) is 5.32 Å². The molecular weight excluding hydrogens is 265 g/mol. The third-order valence-corrected chi connectivity index (χ3v) is 2.13. The molecule has 0 aliphatic carbocycles. The number of hydrogen-bond acceptors (Lipinski definition) is 3. The van der Waals surface area contributed by atoms with Gasteiger partial charge in [-0.15, -0.1) is 0 Å². The van der Waals surface area contributed by atoms with Crippen LogP contribution in [0.1, 0.15) is 6.42 Å². The molecule has 19 heavy (non-hydrogen) atoms. The predicted molar refractivity (Wildman–Crippen MR) is 60.0 cm³/mol. The fourth-order valence-corrected chi connectivity index (χ4v) is 1.17. The largest absolute Gasteiger partial charge is 0.469 e. The lowest BCUT2D eigenvalue weighted by atomic mass is 10.3. The Labute approximate surface area is 106 Å². The molecule has 1 aromatic carbocycles. The van der Waals surface area contributed by atoms with Gasteiger partial charge in [0.25, 0.3) is 0 Å². The van der Waals surface area contributed by atoms with E-state index >= 15 is 0 Å². The number of urea groups is 1. The van der Waals surface area contributed by atoms with Crippen molar-refractivity contribution in [3.05, 3.63) is 29.6 Å². The predicted octanol–water partition coefficient (Wildman–Crippen LogP) is 1.79. The lowest BCUT2D eigenvalue weighted by Crippen LogP contribution is -2.31. The lowest BCUT2D eigenvalue weighted by Gasteiger charge is -2.08. The van der Waals surface area contributed by atoms with E-state index in [1.54, 1.807) is 0 Å². The number of methoxy groups -OCH3 is 1. The topological polar surface area (TPSA) is 67.4 Å². The molecule has 1 aromatic rings. The lowest BCUT2D eigenvalue weighted by molar-refractivity contribution is -0.140. The molecule has 0 unspecified atom stereocenters. The number of amides is 2. The van der Waals surface area contributed by atoms with Gasteiger partial charge in [0.05, 0.1) is 19.2 Å². The van der Waals surface area contributed by atoms with E-state index in [0.29, 0.717) is 6.07 Å². The van der Waals surface area contributed by atoms with Gasteiger partial charge in [-0.25, -0.2) is 18.0 Å². The van der Waals surface area contributed by atoms with Crippen molar-refractivity contribution in [3.63, 3.8) is 0 Å². The first-order valence-electron chi connectivity index (χ1n) is 5.21. The first-order valence-corrected chi connectivity index (χ1v) is 5.21. The molecule has 0 saturated heterocycles. The first-order chi connectivity index (χ1) is 8.95. The van der Waals surface area contributed by atoms with E-state index in [1.807, 2.05) is 5.32 Å². The molecular formula is C11H11F3N2O3. The standard InChI is InChI=1S/C11H11F3N2O3/c1-19-8(17)4-5-15-11(18)16-7-3-2-6(12)9(13)10(7)14/h2-3H,4-5H2,1H3,(H2,15,16,18). The summed E-state index contributed by atoms with van der Waals surface area (Å²) < 4.78 is 43.0. The molecule has 0 fully saturated rings. The molecule has 0 aliphatic heterocycles. The maximum Gasteiger partial charge on any atom is 0.319 e. The molecule has 0 aliphatic rings. The average Bonchev–Trinajstić information content (AvgIpc) is 2.39. The van der Waals surface area contributed by atoms with Crippen molar-refractivity contribution in [3.8, 4) is 0 Å². The summed E-state index contributed by atoms with van der Waals surface area (Å²) in [6.45, 7) is -0.0379. The average molecular weight is 276 g/mol. The van der Waals surface area contributed by atoms with Gasteiger partial charge in [0.15, 0.2) is 17.5 Å². The molecule has 0 radical (unpaired) electrons. The fraction of sp³-hybridized carbons (Fsp3) is 0.273. The number of ether oxygens (including phenoxy) is 1. The van der Waals surface area contributed by atoms with E-state index in [-0.39, 0.29) is 13.0 Å². The Morgan fingerprint density at radius 3 is 2.53 bits per heavy atom. The number of carbonyl (C=O) groups excluding carboxylic acids is 2. The SMILES string of the molecule is COC(=O)CCNC(=O)Nc1ccc(F)c(F)c1F. The minimum absolute atomic E-state index is 0.0379. The molecule has 0 heterocycles. The third kappa shape index (κ3) is 4.16. The summed E-state index contributed by atoms with van der Waals surface area (Å²) in [7, 11) is 1.19. The van der Waals surface area contributed by atoms with E-state index < -0.39 is 35.1 Å². The molecule has 0 aromatic heterocycles. The summed E-state index contributed by atoms with van der Waals surface area (Å²) in [5.41, 5.74) is -0.505. The van der Waals surface area contributed by atoms with Crippen LogP contribution < -0.4 is 10.6 Å². The van der Waals surface area contributed by atoms with Crippen LogP contribution in [-0.2, 0) is 9.53 Å². The number of carbonyl (C=O) groups is 2. The summed E-state index contributed by atoms with van der Waals surface area (Å²) in [5, 5.41) is 4.21. The monoisotopic (exact) mass is 276 g/mol. The summed E-state index contributed by atoms with van der Waals surface area (Å²) >= 11 is 0. The minimum atomic E-state index is -1.67. The molecule has 104 valence electrons. The van der Waals surface area contributed by atoms with Crippen LogP contribution in [-0.4, -0.2) is 25.7 Å². The molecule has 2 N–H and O–H groups in total. The number of rotatable bonds is 4. The highest BCUT2D eigenvalue weighted by Crippen LogP contribution is 2.19. The molecule has 1 rings (SSSR count). The van der Waals surface area contributed by atoms with E-state index in [0.717, 1.165) is 6.07 Å². The fourth-order valence-electron chi connectivity index (χ4n) is 1.17. The van der Waals surface area contributed by atoms with Crippen LogP contribution in [0, 0.1) is 17.5 Å². The van der Waals surface area contributed by atoms with Gasteiger partial charge >= 0.3 is 12.0 Å². The number of halogens is 3. The number of nitrogens with one attached hydrogen (secondary N) is 2. The van der Waals surface area contributed by atoms with Crippen LogP contribution in [0.5, 0.6) is 0 Å². The van der Waals surface area contributed by atoms with E-state index in [2.05, 4.69) is 10.1 Å². The van der Waals surface area contributed by atoms with Crippen LogP contribution >= 0.6 is 0 Å². The first kappa shape index (κ1) is 14.8. The molecule has 5 nitrogen and oxygen atoms in total. The number of esters is 1. The van der Waals surface area contributed by atoms with Crippen molar-refractivity contribution in [2.24, 2.45) is 0 Å². The minimum Gasteiger partial charge on any atom is -0.469 e. The van der Waals surface area contributed by atoms with Crippen LogP contribution in [0.25, 0.3) is 0 Å². The number of anilines is 1. The van der Waals surface area contributed by atoms with Crippen LogP contribution in [0.2, 0.25) is 0 Å². The zero-order valence-corrected chi connectivity index (χ0v) is 9.93. The Morgan fingerprint density at radius 1 is 1.21 bits per heavy atom. The van der Waals surface area contributed by atoms with Gasteiger partial charge in [-0.2, -0.15) is 0 Å². The quantitative estimate of drug-likeness (QED) is 0.650. The van der Waals surface area contributed by atoms with Gasteiger partial charge in [0.2, 0.25) is 0 Å². The third-order valence-electron chi connectivity index (χ3n) is 2.13. The van der Waals surface area contributed by atoms with Crippen molar-refractivity contribution in [2.45, 2.75) is 6.42 Å². The summed E-state index contributed by atoms with van der Waals surface area (Å²) in [6, 6.07) is 0.713. The summed E-state index contributed by atoms with van der Waals surface area (Å²) in [6.07, 6.45) is -0.0653. The van der Waals surface area contributed by atoms with Crippen LogP contribution in [0.3, 0.4) is 0 Å². The maximum atomic E-state index is 13.2. The second-order valence-electron chi connectivity index (χ2n) is 3.43. The molecule has 2 amide bonds. The molecule has 8 heteroatoms. The Bertz CT molecular complexity index is 494. The Hall–Kier alpha value is -2.25. The summed E-state index contributed by atoms with van der Waals surface area (Å²) in [4.78, 5) is 22.0. The van der Waals surface area contributed by atoms with Crippen LogP contribution in [0.15, 0.2) is 12.1 Å². The zero-order valence-electron chi connectivity index (χ0n) is 9.93. The highest BCUT2D eigenvalue weighted by atomic mass is 19.2. The van der Waals surface area contributed by atoms with Gasteiger partial charge in [-0.1, -0.05) is 0 Å². The number of benzene rings is 1. The zero-order chi connectivity index (χ0) is 14.4. The second kappa shape index (κ2) is 6.62. The smallest absolute Gasteiger partial charge is 0.319 e. The van der Waals surface area contributed by atoms with Crippen molar-refractivity contribution in [1.29, 1.82) is 0 Å². The molecule has 0 spiro atoms. The van der Waals surface area contributed by atoms with E-state index in [4.69, 9.17) is 0 Å². The van der Waals surface area contributed by atoms with Gasteiger partial charge in [-0.05, 0) is 12.1 Å². The Kier molecular flexibility index (Phi) is 5.16. The van der Waals surface area contributed by atoms with Gasteiger partial charge in [-0.3, -0.25) is 4.79 Å². The highest BCUT2D eigenvalue weighted by Gasteiger charge is 2.15. The van der Waals surface area contributed by atoms with Gasteiger partial charge < -0.3 is 15.4 Å². The Balaban J connectivity index is 2.53. The second-order valence-corrected chi connectivity index (χ2v) is 3.43. The van der Waals surface area contributed by atoms with Crippen molar-refractivity contribution in [2.75, 3.05) is 19.0 Å². The van der Waals surface area contributed by atoms with Crippen LogP contribution in [0.4, 0.5) is 23.7 Å². The molecule has 0 saturated carbocycles. The van der Waals surface area contributed by atoms with Gasteiger partial charge in [0, 0.05) is 6.54 Å². The maximum absolute atomic E-state index is 13.2. The molecule has 0 atom stereocenters. The normalized spacial score (nSPS) is 9.89. The number of hydrogen-bond donors (Lipinski definition) is 2. The Morgan fingerprint density at radius 2 is 1.89 bits per heavy atom. The van der Waals surface area contributed by atoms with Gasteiger partial charge in [0.1, 0.15) is 0 Å². The molecule has 0 bridgehead atoms. The van der Waals surface area contributed by atoms with Crippen molar-refractivity contribution >= 4 is 17.7 Å². The highest BCUT2D eigenvalue weighted by molar-refractivity contribution is 5.89.